The molecule has 28 heavy (non-hydrogen) atoms. The molecule has 2 aliphatic heterocycles. The summed E-state index contributed by atoms with van der Waals surface area (Å²) in [6.45, 7) is 4.49. The van der Waals surface area contributed by atoms with E-state index >= 15 is 0 Å². The lowest BCUT2D eigenvalue weighted by molar-refractivity contribution is 0.603. The molecule has 0 bridgehead atoms. The third-order valence-corrected chi connectivity index (χ3v) is 6.07. The highest BCUT2D eigenvalue weighted by Gasteiger charge is 2.42. The van der Waals surface area contributed by atoms with Gasteiger partial charge in [0.1, 0.15) is 0 Å². The molecule has 3 aromatic carbocycles. The molecule has 3 nitrogen and oxygen atoms in total. The van der Waals surface area contributed by atoms with Gasteiger partial charge in [-0.15, -0.1) is 0 Å². The Bertz CT molecular complexity index is 1260. The van der Waals surface area contributed by atoms with Crippen molar-refractivity contribution in [2.45, 2.75) is 19.3 Å². The van der Waals surface area contributed by atoms with Crippen LogP contribution in [0.2, 0.25) is 0 Å². The molecule has 0 aliphatic carbocycles. The molecule has 0 spiro atoms. The van der Waals surface area contributed by atoms with Gasteiger partial charge in [0.25, 0.3) is 0 Å². The summed E-state index contributed by atoms with van der Waals surface area (Å²) in [5.74, 6) is 0.924. The van der Waals surface area contributed by atoms with Crippen molar-refractivity contribution in [1.29, 1.82) is 0 Å². The van der Waals surface area contributed by atoms with Crippen LogP contribution in [0.15, 0.2) is 79.1 Å². The lowest BCUT2D eigenvalue weighted by Gasteiger charge is -2.40. The Balaban J connectivity index is 1.85. The van der Waals surface area contributed by atoms with E-state index in [0.717, 1.165) is 17.2 Å². The Kier molecular flexibility index (Phi) is 2.95. The van der Waals surface area contributed by atoms with E-state index in [1.807, 2.05) is 0 Å². The highest BCUT2D eigenvalue weighted by molar-refractivity contribution is 6.04. The van der Waals surface area contributed by atoms with Crippen LogP contribution in [0.25, 0.3) is 22.3 Å². The summed E-state index contributed by atoms with van der Waals surface area (Å²) in [5.41, 5.74) is 9.42. The zero-order valence-electron chi connectivity index (χ0n) is 15.8. The van der Waals surface area contributed by atoms with E-state index in [0.29, 0.717) is 0 Å². The molecule has 0 fully saturated rings. The molecular weight excluding hydrogens is 342 g/mol. The van der Waals surface area contributed by atoms with Gasteiger partial charge in [-0.2, -0.15) is 0 Å². The summed E-state index contributed by atoms with van der Waals surface area (Å²) < 4.78 is 0. The number of anilines is 3. The second-order valence-electron chi connectivity index (χ2n) is 7.95. The van der Waals surface area contributed by atoms with Gasteiger partial charge < -0.3 is 0 Å². The highest BCUT2D eigenvalue weighted by Crippen LogP contribution is 2.57. The molecule has 0 unspecified atom stereocenters. The predicted octanol–water partition coefficient (Wildman–Crippen LogP) is 6.23. The number of para-hydroxylation sites is 2. The minimum Gasteiger partial charge on any atom is -0.292 e. The first-order chi connectivity index (χ1) is 13.7. The third-order valence-electron chi connectivity index (χ3n) is 6.07. The Hall–Kier alpha value is -3.46. The molecule has 6 rings (SSSR count). The van der Waals surface area contributed by atoms with Crippen molar-refractivity contribution in [3.8, 4) is 22.3 Å². The van der Waals surface area contributed by atoms with E-state index in [1.165, 1.54) is 33.5 Å². The highest BCUT2D eigenvalue weighted by atomic mass is 15.2. The summed E-state index contributed by atoms with van der Waals surface area (Å²) in [7, 11) is 0. The van der Waals surface area contributed by atoms with Crippen LogP contribution >= 0.6 is 0 Å². The standard InChI is InChI=1S/C25H19N3/c1-25(2)20-12-7-11-19-17-9-4-3-8-16(17)18-10-5-6-13-21(18)28(22(19)20)24-23(25)26-14-15-27-24/h3-15H,1-2H3. The van der Waals surface area contributed by atoms with Gasteiger partial charge in [-0.25, -0.2) is 4.98 Å². The molecule has 134 valence electrons. The first-order valence-electron chi connectivity index (χ1n) is 9.62. The molecule has 0 saturated heterocycles. The number of benzene rings is 3. The van der Waals surface area contributed by atoms with Crippen molar-refractivity contribution >= 4 is 17.2 Å². The normalized spacial score (nSPS) is 15.0. The molecule has 0 amide bonds. The fourth-order valence-corrected chi connectivity index (χ4v) is 4.76. The van der Waals surface area contributed by atoms with E-state index in [-0.39, 0.29) is 5.41 Å². The molecule has 2 aliphatic rings. The Morgan fingerprint density at radius 2 is 1.32 bits per heavy atom. The van der Waals surface area contributed by atoms with E-state index in [9.17, 15) is 0 Å². The number of hydrogen-bond donors (Lipinski definition) is 0. The van der Waals surface area contributed by atoms with Gasteiger partial charge in [0.05, 0.1) is 17.1 Å². The van der Waals surface area contributed by atoms with E-state index < -0.39 is 0 Å². The Labute approximate surface area is 164 Å². The van der Waals surface area contributed by atoms with Crippen LogP contribution in [-0.4, -0.2) is 9.97 Å². The maximum absolute atomic E-state index is 4.81. The third kappa shape index (κ3) is 1.83. The lowest BCUT2D eigenvalue weighted by atomic mass is 9.76. The average molecular weight is 361 g/mol. The van der Waals surface area contributed by atoms with Gasteiger partial charge in [0.15, 0.2) is 5.82 Å². The van der Waals surface area contributed by atoms with E-state index in [1.54, 1.807) is 12.4 Å². The smallest absolute Gasteiger partial charge is 0.160 e. The minimum absolute atomic E-state index is 0.223. The number of rotatable bonds is 0. The Morgan fingerprint density at radius 3 is 2.14 bits per heavy atom. The predicted molar refractivity (Wildman–Crippen MR) is 113 cm³/mol. The maximum Gasteiger partial charge on any atom is 0.160 e. The number of fused-ring (bicyclic) bond motifs is 7. The zero-order valence-corrected chi connectivity index (χ0v) is 15.8. The zero-order chi connectivity index (χ0) is 18.9. The molecule has 0 radical (unpaired) electrons. The van der Waals surface area contributed by atoms with Gasteiger partial charge in [0.2, 0.25) is 0 Å². The summed E-state index contributed by atoms with van der Waals surface area (Å²) in [5, 5.41) is 0. The first-order valence-corrected chi connectivity index (χ1v) is 9.62. The van der Waals surface area contributed by atoms with Crippen molar-refractivity contribution in [2.24, 2.45) is 0 Å². The summed E-state index contributed by atoms with van der Waals surface area (Å²) in [6.07, 6.45) is 3.59. The van der Waals surface area contributed by atoms with Crippen LogP contribution in [0.4, 0.5) is 17.2 Å². The van der Waals surface area contributed by atoms with Crippen LogP contribution < -0.4 is 4.90 Å². The Morgan fingerprint density at radius 1 is 0.679 bits per heavy atom. The van der Waals surface area contributed by atoms with Gasteiger partial charge >= 0.3 is 0 Å². The van der Waals surface area contributed by atoms with Gasteiger partial charge in [0, 0.05) is 28.9 Å². The largest absolute Gasteiger partial charge is 0.292 e. The van der Waals surface area contributed by atoms with E-state index in [2.05, 4.69) is 85.5 Å². The number of hydrogen-bond acceptors (Lipinski definition) is 3. The topological polar surface area (TPSA) is 29.0 Å². The molecule has 0 N–H and O–H groups in total. The molecular formula is C25H19N3. The van der Waals surface area contributed by atoms with Crippen molar-refractivity contribution < 1.29 is 0 Å². The quantitative estimate of drug-likeness (QED) is 0.327. The van der Waals surface area contributed by atoms with Crippen molar-refractivity contribution in [3.63, 3.8) is 0 Å². The van der Waals surface area contributed by atoms with Gasteiger partial charge in [-0.1, -0.05) is 60.7 Å². The monoisotopic (exact) mass is 361 g/mol. The minimum atomic E-state index is -0.223. The van der Waals surface area contributed by atoms with Crippen LogP contribution in [0.1, 0.15) is 25.1 Å². The molecule has 4 aromatic rings. The summed E-state index contributed by atoms with van der Waals surface area (Å²) >= 11 is 0. The second kappa shape index (κ2) is 5.29. The van der Waals surface area contributed by atoms with Crippen LogP contribution in [0, 0.1) is 0 Å². The fourth-order valence-electron chi connectivity index (χ4n) is 4.76. The average Bonchev–Trinajstić information content (AvgIpc) is 2.86. The maximum atomic E-state index is 4.81. The van der Waals surface area contributed by atoms with Crippen molar-refractivity contribution in [3.05, 3.63) is 90.4 Å². The first kappa shape index (κ1) is 15.6. The summed E-state index contributed by atoms with van der Waals surface area (Å²) in [4.78, 5) is 11.9. The second-order valence-corrected chi connectivity index (χ2v) is 7.95. The number of aromatic nitrogens is 2. The van der Waals surface area contributed by atoms with Gasteiger partial charge in [-0.05, 0) is 36.6 Å². The van der Waals surface area contributed by atoms with Gasteiger partial charge in [-0.3, -0.25) is 9.88 Å². The van der Waals surface area contributed by atoms with Crippen LogP contribution in [-0.2, 0) is 5.41 Å². The molecule has 3 heterocycles. The molecule has 0 atom stereocenters. The van der Waals surface area contributed by atoms with Crippen molar-refractivity contribution in [2.75, 3.05) is 4.90 Å². The van der Waals surface area contributed by atoms with Crippen LogP contribution in [0.5, 0.6) is 0 Å². The van der Waals surface area contributed by atoms with E-state index in [4.69, 9.17) is 9.97 Å². The van der Waals surface area contributed by atoms with Crippen LogP contribution in [0.3, 0.4) is 0 Å². The number of nitrogens with zero attached hydrogens (tertiary/aromatic N) is 3. The molecule has 1 aromatic heterocycles. The summed E-state index contributed by atoms with van der Waals surface area (Å²) in [6, 6.07) is 23.9. The molecule has 3 heteroatoms. The van der Waals surface area contributed by atoms with Crippen molar-refractivity contribution in [1.82, 2.24) is 9.97 Å². The SMILES string of the molecule is CC1(C)c2cccc3c2N(c2ccccc2-c2ccccc2-3)c2nccnc21. The fraction of sp³-hybridized carbons (Fsp3) is 0.120. The molecule has 0 saturated carbocycles. The lowest BCUT2D eigenvalue weighted by Crippen LogP contribution is -2.32.